The average molecular weight is 490 g/mol. The van der Waals surface area contributed by atoms with Crippen LogP contribution in [0, 0.1) is 17.0 Å². The van der Waals surface area contributed by atoms with Crippen molar-refractivity contribution >= 4 is 52.2 Å². The molecule has 1 N–H and O–H groups in total. The molecule has 1 aliphatic rings. The Balaban J connectivity index is 1.54. The minimum absolute atomic E-state index is 0.0187. The van der Waals surface area contributed by atoms with E-state index in [9.17, 15) is 29.3 Å². The Hall–Kier alpha value is -3.38. The van der Waals surface area contributed by atoms with Crippen LogP contribution in [0.1, 0.15) is 15.9 Å². The fraction of sp³-hybridized carbons (Fsp3) is 0.238. The number of rotatable bonds is 9. The van der Waals surface area contributed by atoms with Crippen molar-refractivity contribution in [1.82, 2.24) is 10.2 Å². The fourth-order valence-corrected chi connectivity index (χ4v) is 4.43. The first-order chi connectivity index (χ1) is 15.7. The second-order valence-electron chi connectivity index (χ2n) is 6.88. The quantitative estimate of drug-likeness (QED) is 0.320. The molecule has 0 aromatic heterocycles. The van der Waals surface area contributed by atoms with Crippen LogP contribution in [0.5, 0.6) is 0 Å². The molecule has 2 aromatic carbocycles. The largest absolute Gasteiger partial charge is 0.452 e. The minimum Gasteiger partial charge on any atom is -0.452 e. The van der Waals surface area contributed by atoms with Crippen molar-refractivity contribution in [1.29, 1.82) is 0 Å². The number of carbonyl (C=O) groups is 4. The number of nitrogens with one attached hydrogen (secondary N) is 1. The van der Waals surface area contributed by atoms with Gasteiger partial charge in [0.25, 0.3) is 16.8 Å². The number of carbonyl (C=O) groups excluding carboxylic acids is 4. The molecule has 3 rings (SSSR count). The fourth-order valence-electron chi connectivity index (χ4n) is 2.78. The highest BCUT2D eigenvalue weighted by atomic mass is 32.2. The molecule has 0 atom stereocenters. The Morgan fingerprint density at radius 3 is 2.58 bits per heavy atom. The van der Waals surface area contributed by atoms with E-state index in [0.717, 1.165) is 33.2 Å². The third-order valence-electron chi connectivity index (χ3n) is 4.47. The van der Waals surface area contributed by atoms with Gasteiger partial charge < -0.3 is 10.1 Å². The molecule has 1 fully saturated rings. The number of nitrogens with zero attached hydrogens (tertiary/aromatic N) is 2. The van der Waals surface area contributed by atoms with E-state index >= 15 is 0 Å². The first-order valence-corrected chi connectivity index (χ1v) is 11.5. The van der Waals surface area contributed by atoms with Gasteiger partial charge >= 0.3 is 5.97 Å². The van der Waals surface area contributed by atoms with Gasteiger partial charge in [-0.2, -0.15) is 0 Å². The molecular weight excluding hydrogens is 470 g/mol. The van der Waals surface area contributed by atoms with Crippen molar-refractivity contribution in [2.24, 2.45) is 0 Å². The van der Waals surface area contributed by atoms with Gasteiger partial charge in [-0.1, -0.05) is 41.2 Å². The first-order valence-electron chi connectivity index (χ1n) is 9.68. The molecule has 0 bridgehead atoms. The summed E-state index contributed by atoms with van der Waals surface area (Å²) in [6.45, 7) is 1.37. The van der Waals surface area contributed by atoms with Crippen molar-refractivity contribution in [2.45, 2.75) is 16.7 Å². The molecule has 0 radical (unpaired) electrons. The number of benzene rings is 2. The summed E-state index contributed by atoms with van der Waals surface area (Å²) in [6.07, 6.45) is 0. The molecule has 1 heterocycles. The van der Waals surface area contributed by atoms with E-state index in [-0.39, 0.29) is 41.2 Å². The number of aryl methyl sites for hydroxylation is 1. The van der Waals surface area contributed by atoms with Crippen molar-refractivity contribution in [3.63, 3.8) is 0 Å². The van der Waals surface area contributed by atoms with E-state index in [1.165, 1.54) is 23.9 Å². The summed E-state index contributed by atoms with van der Waals surface area (Å²) in [5, 5.41) is 13.6. The number of ether oxygens (including phenoxy) is 1. The number of nitro groups is 1. The molecule has 0 saturated carbocycles. The Morgan fingerprint density at radius 2 is 1.94 bits per heavy atom. The monoisotopic (exact) mass is 489 g/mol. The van der Waals surface area contributed by atoms with Gasteiger partial charge in [0.1, 0.15) is 0 Å². The van der Waals surface area contributed by atoms with E-state index in [0.29, 0.717) is 4.90 Å². The molecule has 0 unspecified atom stereocenters. The molecule has 33 heavy (non-hydrogen) atoms. The first kappa shape index (κ1) is 24.3. The third-order valence-corrected chi connectivity index (χ3v) is 6.40. The average Bonchev–Trinajstić information content (AvgIpc) is 3.11. The summed E-state index contributed by atoms with van der Waals surface area (Å²) in [6, 6.07) is 11.4. The number of nitro benzene ring substituents is 1. The Labute approximate surface area is 197 Å². The summed E-state index contributed by atoms with van der Waals surface area (Å²) in [7, 11) is 0. The van der Waals surface area contributed by atoms with Gasteiger partial charge in [-0.3, -0.25) is 29.4 Å². The maximum Gasteiger partial charge on any atom is 0.338 e. The van der Waals surface area contributed by atoms with Crippen LogP contribution in [0.3, 0.4) is 0 Å². The lowest BCUT2D eigenvalue weighted by Gasteiger charge is -2.13. The van der Waals surface area contributed by atoms with E-state index in [1.54, 1.807) is 0 Å². The number of thioether (sulfide) groups is 1. The van der Waals surface area contributed by atoms with Gasteiger partial charge in [0.05, 0.1) is 21.1 Å². The Morgan fingerprint density at radius 1 is 1.21 bits per heavy atom. The van der Waals surface area contributed by atoms with Crippen LogP contribution in [0.2, 0.25) is 0 Å². The maximum absolute atomic E-state index is 12.3. The number of hydrogen-bond acceptors (Lipinski definition) is 9. The van der Waals surface area contributed by atoms with E-state index in [4.69, 9.17) is 4.74 Å². The second kappa shape index (κ2) is 11.0. The van der Waals surface area contributed by atoms with Crippen LogP contribution in [0.25, 0.3) is 0 Å². The standard InChI is InChI=1S/C21H19N3O7S2/c1-13-2-5-15(6-3-13)33-17-7-4-14(10-16(17)24(29)30)20(27)31-11-18(25)22-8-9-23-19(26)12-32-21(23)28/h2-7,10H,8-9,11-12H2,1H3,(H,22,25). The molecule has 10 nitrogen and oxygen atoms in total. The number of hydrogen-bond donors (Lipinski definition) is 1. The van der Waals surface area contributed by atoms with Crippen LogP contribution in [0.4, 0.5) is 10.5 Å². The van der Waals surface area contributed by atoms with E-state index < -0.39 is 23.4 Å². The Bertz CT molecular complexity index is 1090. The van der Waals surface area contributed by atoms with Crippen molar-refractivity contribution in [3.05, 3.63) is 63.7 Å². The number of imide groups is 1. The lowest BCUT2D eigenvalue weighted by atomic mass is 10.2. The third kappa shape index (κ3) is 6.56. The Kier molecular flexibility index (Phi) is 8.06. The van der Waals surface area contributed by atoms with Crippen LogP contribution in [-0.2, 0) is 14.3 Å². The van der Waals surface area contributed by atoms with Crippen LogP contribution in [-0.4, -0.2) is 58.3 Å². The van der Waals surface area contributed by atoms with E-state index in [2.05, 4.69) is 5.32 Å². The molecule has 12 heteroatoms. The van der Waals surface area contributed by atoms with Gasteiger partial charge in [-0.25, -0.2) is 4.79 Å². The topological polar surface area (TPSA) is 136 Å². The molecule has 1 saturated heterocycles. The molecule has 1 aliphatic heterocycles. The summed E-state index contributed by atoms with van der Waals surface area (Å²) >= 11 is 2.09. The van der Waals surface area contributed by atoms with Crippen molar-refractivity contribution in [3.8, 4) is 0 Å². The van der Waals surface area contributed by atoms with Gasteiger partial charge in [0, 0.05) is 24.1 Å². The van der Waals surface area contributed by atoms with Crippen molar-refractivity contribution in [2.75, 3.05) is 25.4 Å². The predicted molar refractivity (Wildman–Crippen MR) is 121 cm³/mol. The second-order valence-corrected chi connectivity index (χ2v) is 8.92. The zero-order valence-electron chi connectivity index (χ0n) is 17.4. The van der Waals surface area contributed by atoms with E-state index in [1.807, 2.05) is 31.2 Å². The molecular formula is C21H19N3O7S2. The SMILES string of the molecule is Cc1ccc(Sc2ccc(C(=O)OCC(=O)NCCN3C(=O)CSC3=O)cc2[N+](=O)[O-])cc1. The highest BCUT2D eigenvalue weighted by molar-refractivity contribution is 8.14. The maximum atomic E-state index is 12.3. The van der Waals surface area contributed by atoms with Gasteiger partial charge in [-0.15, -0.1) is 0 Å². The normalized spacial score (nSPS) is 13.2. The summed E-state index contributed by atoms with van der Waals surface area (Å²) in [4.78, 5) is 60.3. The summed E-state index contributed by atoms with van der Waals surface area (Å²) < 4.78 is 4.93. The van der Waals surface area contributed by atoms with Crippen molar-refractivity contribution < 1.29 is 28.8 Å². The summed E-state index contributed by atoms with van der Waals surface area (Å²) in [5.41, 5.74) is 0.748. The highest BCUT2D eigenvalue weighted by Crippen LogP contribution is 2.35. The number of amides is 3. The highest BCUT2D eigenvalue weighted by Gasteiger charge is 2.29. The van der Waals surface area contributed by atoms with Crippen LogP contribution >= 0.6 is 23.5 Å². The smallest absolute Gasteiger partial charge is 0.338 e. The van der Waals surface area contributed by atoms with Gasteiger partial charge in [0.2, 0.25) is 5.91 Å². The molecule has 172 valence electrons. The zero-order chi connectivity index (χ0) is 24.0. The van der Waals surface area contributed by atoms with Gasteiger partial charge in [0.15, 0.2) is 6.61 Å². The minimum atomic E-state index is -0.888. The predicted octanol–water partition coefficient (Wildman–Crippen LogP) is 3.02. The zero-order valence-corrected chi connectivity index (χ0v) is 19.1. The molecule has 3 amide bonds. The lowest BCUT2D eigenvalue weighted by molar-refractivity contribution is -0.387. The van der Waals surface area contributed by atoms with Crippen LogP contribution < -0.4 is 5.32 Å². The number of esters is 1. The lowest BCUT2D eigenvalue weighted by Crippen LogP contribution is -2.38. The molecule has 2 aromatic rings. The molecule has 0 aliphatic carbocycles. The van der Waals surface area contributed by atoms with Crippen LogP contribution in [0.15, 0.2) is 52.3 Å². The summed E-state index contributed by atoms with van der Waals surface area (Å²) in [5.74, 6) is -1.76. The van der Waals surface area contributed by atoms with Gasteiger partial charge in [-0.05, 0) is 31.2 Å². The molecule has 0 spiro atoms.